The highest BCUT2D eigenvalue weighted by Gasteiger charge is 2.67. The van der Waals surface area contributed by atoms with E-state index in [-0.39, 0.29) is 53.2 Å². The Morgan fingerprint density at radius 2 is 0.932 bits per heavy atom. The van der Waals surface area contributed by atoms with Crippen molar-refractivity contribution < 1.29 is 121 Å². The lowest BCUT2D eigenvalue weighted by Gasteiger charge is -2.43. The van der Waals surface area contributed by atoms with Crippen LogP contribution in [-0.4, -0.2) is 297 Å². The molecule has 8 aliphatic rings. The van der Waals surface area contributed by atoms with E-state index in [1.807, 2.05) is 96.3 Å². The molecule has 0 bridgehead atoms. The number of nitrogens with zero attached hydrogens (tertiary/aromatic N) is 7. The lowest BCUT2D eigenvalue weighted by Crippen LogP contribution is -2.70. The van der Waals surface area contributed by atoms with Gasteiger partial charge in [0, 0.05) is 62.6 Å². The van der Waals surface area contributed by atoms with Crippen LogP contribution >= 0.6 is 35.3 Å². The third-order valence-electron chi connectivity index (χ3n) is 22.2. The van der Waals surface area contributed by atoms with E-state index in [1.165, 1.54) is 50.0 Å². The minimum absolute atomic E-state index is 0.247. The number of aliphatic carboxylic acids is 3. The zero-order valence-electron chi connectivity index (χ0n) is 72.2. The number of aromatic nitrogens is 3. The molecule has 50 heteroatoms. The molecule has 0 aliphatic carbocycles. The fourth-order valence-corrected chi connectivity index (χ4v) is 20.7. The molecule has 706 valence electrons. The normalized spacial score (nSPS) is 26.0. The number of aliphatic hydroxyl groups is 3. The van der Waals surface area contributed by atoms with Gasteiger partial charge in [0.05, 0.1) is 19.3 Å². The topological polar surface area (TPSA) is 731 Å². The number of primary amides is 1. The Morgan fingerprint density at radius 3 is 1.29 bits per heavy atom. The number of benzene rings is 3. The van der Waals surface area contributed by atoms with Crippen molar-refractivity contribution >= 4 is 136 Å². The first-order chi connectivity index (χ1) is 62.3. The van der Waals surface area contributed by atoms with Crippen molar-refractivity contribution in [1.29, 1.82) is 0 Å². The third-order valence-corrected chi connectivity index (χ3v) is 26.9. The molecule has 3 aromatic carbocycles. The van der Waals surface area contributed by atoms with Crippen molar-refractivity contribution in [1.82, 2.24) is 88.7 Å². The maximum absolute atomic E-state index is 13.6. The van der Waals surface area contributed by atoms with Gasteiger partial charge in [-0.25, -0.2) is 24.2 Å². The van der Waals surface area contributed by atoms with Crippen LogP contribution in [0.5, 0.6) is 0 Å². The van der Waals surface area contributed by atoms with E-state index in [2.05, 4.69) is 73.6 Å². The number of aliphatic hydroxyl groups excluding tert-OH is 3. The second-order valence-electron chi connectivity index (χ2n) is 32.9. The van der Waals surface area contributed by atoms with Gasteiger partial charge in [0.2, 0.25) is 47.3 Å². The van der Waals surface area contributed by atoms with Gasteiger partial charge in [-0.15, -0.1) is 35.3 Å². The van der Waals surface area contributed by atoms with Crippen LogP contribution in [-0.2, 0) is 57.5 Å². The number of thioether (sulfide) groups is 3. The average Bonchev–Trinajstić information content (AvgIpc) is 1.57. The first-order valence-corrected chi connectivity index (χ1v) is 43.7. The molecule has 14 amide bonds. The van der Waals surface area contributed by atoms with Gasteiger partial charge in [-0.3, -0.25) is 57.5 Å². The number of guanidine groups is 1. The average molecular weight is 1890 g/mol. The largest absolute Gasteiger partial charge is 0.480 e. The predicted molar refractivity (Wildman–Crippen MR) is 469 cm³/mol. The van der Waals surface area contributed by atoms with Gasteiger partial charge in [-0.05, 0) is 81.7 Å². The molecule has 11 heterocycles. The van der Waals surface area contributed by atoms with E-state index in [4.69, 9.17) is 36.5 Å². The van der Waals surface area contributed by atoms with Gasteiger partial charge in [-0.2, -0.15) is 0 Å². The number of urea groups is 1. The number of carbonyl (C=O) groups is 16. The van der Waals surface area contributed by atoms with Crippen LogP contribution in [0.2, 0.25) is 0 Å². The monoisotopic (exact) mass is 1890 g/mol. The summed E-state index contributed by atoms with van der Waals surface area (Å²) in [6, 6.07) is 12.6. The van der Waals surface area contributed by atoms with Crippen LogP contribution in [0.25, 0.3) is 33.8 Å². The van der Waals surface area contributed by atoms with E-state index in [0.717, 1.165) is 16.7 Å². The second kappa shape index (κ2) is 41.3. The molecule has 0 unspecified atom stereocenters. The highest BCUT2D eigenvalue weighted by Crippen LogP contribution is 2.54. The number of β-lactam (4-membered cyclic amide) rings is 3. The number of aryl methyl sites for hydroxylation is 3. The van der Waals surface area contributed by atoms with Gasteiger partial charge in [0.25, 0.3) is 23.6 Å². The molecule has 132 heavy (non-hydrogen) atoms. The molecule has 7 saturated heterocycles. The third kappa shape index (κ3) is 21.5. The quantitative estimate of drug-likeness (QED) is 0.0235. The van der Waals surface area contributed by atoms with Crippen molar-refractivity contribution in [2.24, 2.45) is 27.9 Å². The van der Waals surface area contributed by atoms with Gasteiger partial charge < -0.3 is 140 Å². The molecule has 6 aromatic rings. The molecular formula is C82H100N22O25S3. The Hall–Kier alpha value is -13.5. The number of carbonyl (C=O) groups excluding carboxylic acids is 13. The maximum Gasteiger partial charge on any atom is 0.327 e. The highest BCUT2D eigenvalue weighted by atomic mass is 32.2. The Kier molecular flexibility index (Phi) is 31.0. The smallest absolute Gasteiger partial charge is 0.327 e. The van der Waals surface area contributed by atoms with Crippen LogP contribution in [0.3, 0.4) is 0 Å². The molecule has 8 aliphatic heterocycles. The van der Waals surface area contributed by atoms with Crippen molar-refractivity contribution in [3.8, 4) is 33.8 Å². The number of hydrogen-bond donors (Lipinski definition) is 21. The number of carboxylic acid groups (broad SMARTS) is 3. The lowest BCUT2D eigenvalue weighted by molar-refractivity contribution is -0.159. The Labute approximate surface area is 763 Å². The van der Waals surface area contributed by atoms with Crippen LogP contribution in [0.15, 0.2) is 121 Å². The summed E-state index contributed by atoms with van der Waals surface area (Å²) >= 11 is 4.14. The Morgan fingerprint density at radius 1 is 0.553 bits per heavy atom. The van der Waals surface area contributed by atoms with Crippen molar-refractivity contribution in [2.75, 3.05) is 26.3 Å². The van der Waals surface area contributed by atoms with Gasteiger partial charge in [0.15, 0.2) is 5.96 Å². The highest BCUT2D eigenvalue weighted by molar-refractivity contribution is 8.02. The van der Waals surface area contributed by atoms with Gasteiger partial charge >= 0.3 is 23.9 Å². The summed E-state index contributed by atoms with van der Waals surface area (Å²) in [5, 5.41) is 95.1. The maximum atomic E-state index is 13.6. The molecule has 16 atom stereocenters. The standard InChI is InChI=1S/C25H43N13O10.3C19H19N3O5S/c26-3-1-2-10(27)4-16(41)32-12-6-30-23(47)18(11-5-17(42)37-24(28)36-11)38-20(44)13(7-31-25(29)48)33-21(45)14(8-39)35-22(46)15(9-40)34-19(12)43;3*1-9-11(12(21-27-9)10-7-5-4-6-8-10)15(23)20-13-16(24)22-14(18(25)26)19(2,3)28-17(13)22/h7,10-12,14-15,17-18,39-40,42H,1-6,8-9,26-27H2,(H,30,47)(H,32,41)(H,33,45)(H,34,43)(H,35,46)(H,38,44)(H3,28,36,37)(H3,29,31,48);3*4-8,13-14,17H,1-3H3,(H,20,23)(H,25,26)/b13-7-;;;/t10-,11+,12-,14-,15-,17-,18-;3*13-,14+,17-/m0111/s1. The van der Waals surface area contributed by atoms with E-state index >= 15 is 0 Å². The fourth-order valence-electron chi connectivity index (χ4n) is 15.8. The number of carboxylic acids is 3. The molecule has 14 rings (SSSR count). The summed E-state index contributed by atoms with van der Waals surface area (Å²) in [7, 11) is 0. The number of nitrogens with one attached hydrogen (secondary N) is 11. The van der Waals surface area contributed by atoms with Crippen LogP contribution in [0, 0.1) is 20.8 Å². The second-order valence-corrected chi connectivity index (χ2v) is 38.2. The van der Waals surface area contributed by atoms with Gasteiger partial charge in [-0.1, -0.05) is 106 Å². The first kappa shape index (κ1) is 99.1. The SMILES string of the molecule is Cc1onc(-c2ccccc2)c1C(=O)N[C@@H]1C(=O)N2[C@@H]1SC(C)(C)[C@@H]2C(=O)O.Cc1onc(-c2ccccc2)c1C(=O)N[C@@H]1C(=O)N2[C@@H]1SC(C)(C)[C@@H]2C(=O)O.Cc1onc(-c2ccccc2)c1C(=O)N[C@@H]1C(=O)N2[C@@H]1SC(C)(C)[C@@H]2C(=O)O.NCCC[C@H](N)CC(=O)N[C@H]1CNC(=O)[C@H]([C@H]2C[C@H](O)NC(N)=N2)NC(=O)/C(=C/NC(N)=O)NC(=O)[C@H](CO)NC(=O)[C@H](CO)NC1=O. The van der Waals surface area contributed by atoms with Crippen molar-refractivity contribution in [3.05, 3.63) is 137 Å². The number of hydrogen-bond acceptors (Lipinski definition) is 33. The number of rotatable bonds is 22. The van der Waals surface area contributed by atoms with Crippen LogP contribution < -0.4 is 81.4 Å². The molecular weight excluding hydrogens is 1790 g/mol. The summed E-state index contributed by atoms with van der Waals surface area (Å²) in [6.45, 7) is 13.3. The van der Waals surface area contributed by atoms with E-state index in [1.54, 1.807) is 62.3 Å². The number of aliphatic imine (C=N–C) groups is 1. The Balaban J connectivity index is 0.000000175. The molecule has 0 spiro atoms. The summed E-state index contributed by atoms with van der Waals surface area (Å²) < 4.78 is 13.7. The van der Waals surface area contributed by atoms with Crippen LogP contribution in [0.1, 0.15) is 116 Å². The molecule has 47 nitrogen and oxygen atoms in total. The van der Waals surface area contributed by atoms with Crippen LogP contribution in [0.4, 0.5) is 4.79 Å². The number of amides is 14. The summed E-state index contributed by atoms with van der Waals surface area (Å²) in [5.41, 5.74) is 25.7. The zero-order valence-corrected chi connectivity index (χ0v) is 74.7. The molecule has 0 radical (unpaired) electrons. The molecule has 3 aromatic heterocycles. The summed E-state index contributed by atoms with van der Waals surface area (Å²) in [5.74, 6) is -11.3. The summed E-state index contributed by atoms with van der Waals surface area (Å²) in [6.07, 6.45) is -0.253. The minimum Gasteiger partial charge on any atom is -0.480 e. The lowest BCUT2D eigenvalue weighted by atomic mass is 9.95. The van der Waals surface area contributed by atoms with Crippen molar-refractivity contribution in [2.45, 2.75) is 197 Å². The van der Waals surface area contributed by atoms with E-state index < -0.39 is 212 Å². The zero-order chi connectivity index (χ0) is 96.6. The summed E-state index contributed by atoms with van der Waals surface area (Å²) in [4.78, 5) is 210. The first-order valence-electron chi connectivity index (χ1n) is 41.0. The number of nitrogens with two attached hydrogens (primary N) is 4. The van der Waals surface area contributed by atoms with E-state index in [9.17, 15) is 107 Å². The molecule has 0 saturated carbocycles. The fraction of sp³-hybridized carbons (Fsp3) is 0.439. The Bertz CT molecular complexity index is 5150. The van der Waals surface area contributed by atoms with Gasteiger partial charge in [0.1, 0.15) is 140 Å². The predicted octanol–water partition coefficient (Wildman–Crippen LogP) is -3.20. The molecule has 25 N–H and O–H groups in total. The van der Waals surface area contributed by atoms with Crippen molar-refractivity contribution in [3.63, 3.8) is 0 Å². The molecule has 7 fully saturated rings. The van der Waals surface area contributed by atoms with E-state index in [0.29, 0.717) is 59.9 Å². The number of fused-ring (bicyclic) bond motifs is 3. The minimum atomic E-state index is -1.78.